The van der Waals surface area contributed by atoms with Gasteiger partial charge in [-0.2, -0.15) is 4.79 Å². The van der Waals surface area contributed by atoms with Crippen molar-refractivity contribution in [1.29, 1.82) is 0 Å². The Morgan fingerprint density at radius 2 is 2.00 bits per heavy atom. The molecule has 18 heavy (non-hydrogen) atoms. The molecule has 0 unspecified atom stereocenters. The van der Waals surface area contributed by atoms with Gasteiger partial charge in [-0.3, -0.25) is 0 Å². The van der Waals surface area contributed by atoms with Gasteiger partial charge in [0.15, 0.2) is 17.8 Å². The quantitative estimate of drug-likeness (QED) is 0.723. The molecule has 1 saturated carbocycles. The van der Waals surface area contributed by atoms with Crippen LogP contribution in [0.2, 0.25) is 0 Å². The Bertz CT molecular complexity index is 624. The smallest absolute Gasteiger partial charge is 0.371 e. The fourth-order valence-corrected chi connectivity index (χ4v) is 2.87. The fraction of sp³-hybridized carbons (Fsp3) is 0.467. The van der Waals surface area contributed by atoms with Gasteiger partial charge in [-0.15, -0.1) is 4.57 Å². The molecule has 0 spiro atoms. The SMILES string of the molecule is Cc1cccc2c[n+](C3CCCCC3)c(=O)oc12. The summed E-state index contributed by atoms with van der Waals surface area (Å²) < 4.78 is 7.28. The zero-order chi connectivity index (χ0) is 12.5. The molecule has 0 amide bonds. The molecule has 1 aliphatic carbocycles. The minimum atomic E-state index is -0.219. The van der Waals surface area contributed by atoms with Gasteiger partial charge in [0.1, 0.15) is 0 Å². The summed E-state index contributed by atoms with van der Waals surface area (Å²) in [6.07, 6.45) is 7.85. The molecule has 3 rings (SSSR count). The Hall–Kier alpha value is -1.64. The number of rotatable bonds is 1. The van der Waals surface area contributed by atoms with Gasteiger partial charge in [0.2, 0.25) is 0 Å². The number of hydrogen-bond donors (Lipinski definition) is 0. The number of fused-ring (bicyclic) bond motifs is 1. The topological polar surface area (TPSA) is 34.1 Å². The first-order chi connectivity index (χ1) is 8.75. The molecule has 0 N–H and O–H groups in total. The maximum Gasteiger partial charge on any atom is 0.602 e. The van der Waals surface area contributed by atoms with Crippen molar-refractivity contribution in [3.8, 4) is 0 Å². The summed E-state index contributed by atoms with van der Waals surface area (Å²) in [5.74, 6) is -0.219. The molecule has 3 heteroatoms. The third-order valence-electron chi connectivity index (χ3n) is 3.89. The van der Waals surface area contributed by atoms with E-state index in [1.165, 1.54) is 19.3 Å². The molecule has 1 aromatic carbocycles. The zero-order valence-corrected chi connectivity index (χ0v) is 10.7. The lowest BCUT2D eigenvalue weighted by atomic mass is 9.95. The van der Waals surface area contributed by atoms with E-state index in [2.05, 4.69) is 0 Å². The molecule has 0 atom stereocenters. The van der Waals surface area contributed by atoms with E-state index < -0.39 is 0 Å². The van der Waals surface area contributed by atoms with Gasteiger partial charge < -0.3 is 4.42 Å². The number of para-hydroxylation sites is 1. The summed E-state index contributed by atoms with van der Waals surface area (Å²) in [5.41, 5.74) is 1.73. The van der Waals surface area contributed by atoms with E-state index in [1.807, 2.05) is 31.3 Å². The number of aryl methyl sites for hydroxylation is 1. The molecule has 0 radical (unpaired) electrons. The molecular weight excluding hydrogens is 226 g/mol. The van der Waals surface area contributed by atoms with Crippen LogP contribution >= 0.6 is 0 Å². The normalized spacial score (nSPS) is 17.2. The Balaban J connectivity index is 2.12. The van der Waals surface area contributed by atoms with Crippen molar-refractivity contribution in [2.75, 3.05) is 0 Å². The highest BCUT2D eigenvalue weighted by molar-refractivity contribution is 5.77. The van der Waals surface area contributed by atoms with Gasteiger partial charge >= 0.3 is 5.76 Å². The number of nitrogens with zero attached hydrogens (tertiary/aromatic N) is 1. The number of benzene rings is 1. The highest BCUT2D eigenvalue weighted by Crippen LogP contribution is 2.23. The van der Waals surface area contributed by atoms with Gasteiger partial charge in [-0.25, -0.2) is 0 Å². The van der Waals surface area contributed by atoms with Crippen molar-refractivity contribution < 1.29 is 8.98 Å². The summed E-state index contributed by atoms with van der Waals surface area (Å²) in [4.78, 5) is 12.1. The van der Waals surface area contributed by atoms with Gasteiger partial charge in [-0.05, 0) is 31.4 Å². The highest BCUT2D eigenvalue weighted by Gasteiger charge is 2.26. The van der Waals surface area contributed by atoms with Crippen LogP contribution in [0, 0.1) is 6.92 Å². The molecule has 1 fully saturated rings. The van der Waals surface area contributed by atoms with Crippen LogP contribution in [-0.2, 0) is 0 Å². The molecule has 94 valence electrons. The maximum atomic E-state index is 12.1. The lowest BCUT2D eigenvalue weighted by Gasteiger charge is -2.15. The zero-order valence-electron chi connectivity index (χ0n) is 10.7. The van der Waals surface area contributed by atoms with Crippen LogP contribution in [0.25, 0.3) is 11.0 Å². The summed E-state index contributed by atoms with van der Waals surface area (Å²) in [6.45, 7) is 1.97. The Morgan fingerprint density at radius 3 is 2.78 bits per heavy atom. The Morgan fingerprint density at radius 1 is 1.22 bits per heavy atom. The molecule has 0 bridgehead atoms. The van der Waals surface area contributed by atoms with E-state index in [4.69, 9.17) is 4.42 Å². The average Bonchev–Trinajstić information content (AvgIpc) is 2.40. The van der Waals surface area contributed by atoms with Crippen LogP contribution in [0.15, 0.2) is 33.6 Å². The van der Waals surface area contributed by atoms with Crippen molar-refractivity contribution in [2.45, 2.75) is 45.1 Å². The van der Waals surface area contributed by atoms with E-state index in [1.54, 1.807) is 4.57 Å². The van der Waals surface area contributed by atoms with Crippen LogP contribution in [0.3, 0.4) is 0 Å². The monoisotopic (exact) mass is 244 g/mol. The van der Waals surface area contributed by atoms with E-state index in [0.717, 1.165) is 29.4 Å². The third-order valence-corrected chi connectivity index (χ3v) is 3.89. The first kappa shape index (κ1) is 11.5. The summed E-state index contributed by atoms with van der Waals surface area (Å²) in [6, 6.07) is 6.30. The van der Waals surface area contributed by atoms with Gasteiger partial charge in [0.05, 0.1) is 5.39 Å². The number of aromatic nitrogens is 1. The van der Waals surface area contributed by atoms with Gasteiger partial charge in [0, 0.05) is 12.8 Å². The summed E-state index contributed by atoms with van der Waals surface area (Å²) in [5, 5.41) is 1.01. The maximum absolute atomic E-state index is 12.1. The van der Waals surface area contributed by atoms with Crippen molar-refractivity contribution in [3.63, 3.8) is 0 Å². The van der Waals surface area contributed by atoms with Crippen molar-refractivity contribution in [2.24, 2.45) is 0 Å². The second-order valence-corrected chi connectivity index (χ2v) is 5.19. The molecule has 1 aliphatic rings. The van der Waals surface area contributed by atoms with E-state index in [-0.39, 0.29) is 5.76 Å². The lowest BCUT2D eigenvalue weighted by molar-refractivity contribution is -0.747. The molecule has 2 aromatic rings. The van der Waals surface area contributed by atoms with Crippen LogP contribution in [0.5, 0.6) is 0 Å². The van der Waals surface area contributed by atoms with Gasteiger partial charge in [0.25, 0.3) is 0 Å². The second-order valence-electron chi connectivity index (χ2n) is 5.19. The van der Waals surface area contributed by atoms with E-state index >= 15 is 0 Å². The standard InChI is InChI=1S/C15H18NO2/c1-11-6-5-7-12-10-16(15(17)18-14(11)12)13-8-3-2-4-9-13/h5-7,10,13H,2-4,8-9H2,1H3/q+1. The predicted molar refractivity (Wildman–Crippen MR) is 69.5 cm³/mol. The summed E-state index contributed by atoms with van der Waals surface area (Å²) in [7, 11) is 0. The molecule has 0 aliphatic heterocycles. The van der Waals surface area contributed by atoms with E-state index in [9.17, 15) is 4.79 Å². The van der Waals surface area contributed by atoms with E-state index in [0.29, 0.717) is 6.04 Å². The first-order valence-electron chi connectivity index (χ1n) is 6.70. The molecule has 1 heterocycles. The molecule has 1 aromatic heterocycles. The molecule has 3 nitrogen and oxygen atoms in total. The van der Waals surface area contributed by atoms with Crippen LogP contribution in [0.1, 0.15) is 43.7 Å². The first-order valence-corrected chi connectivity index (χ1v) is 6.70. The number of hydrogen-bond acceptors (Lipinski definition) is 2. The largest absolute Gasteiger partial charge is 0.602 e. The Kier molecular flexibility index (Phi) is 2.90. The fourth-order valence-electron chi connectivity index (χ4n) is 2.87. The van der Waals surface area contributed by atoms with Crippen LogP contribution in [0.4, 0.5) is 0 Å². The predicted octanol–water partition coefficient (Wildman–Crippen LogP) is 2.89. The van der Waals surface area contributed by atoms with Crippen molar-refractivity contribution >= 4 is 11.0 Å². The Labute approximate surface area is 106 Å². The van der Waals surface area contributed by atoms with Crippen LogP contribution < -0.4 is 10.3 Å². The highest BCUT2D eigenvalue weighted by atomic mass is 16.4. The van der Waals surface area contributed by atoms with Gasteiger partial charge in [-0.1, -0.05) is 18.6 Å². The minimum absolute atomic E-state index is 0.219. The third kappa shape index (κ3) is 1.94. The average molecular weight is 244 g/mol. The molecule has 0 saturated heterocycles. The van der Waals surface area contributed by atoms with Crippen molar-refractivity contribution in [1.82, 2.24) is 0 Å². The molecular formula is C15H18NO2+. The van der Waals surface area contributed by atoms with Crippen LogP contribution in [-0.4, -0.2) is 0 Å². The minimum Gasteiger partial charge on any atom is -0.371 e. The van der Waals surface area contributed by atoms with Crippen molar-refractivity contribution in [3.05, 3.63) is 40.5 Å². The summed E-state index contributed by atoms with van der Waals surface area (Å²) >= 11 is 0. The lowest BCUT2D eigenvalue weighted by Crippen LogP contribution is -2.53. The second kappa shape index (κ2) is 4.56.